The Balaban J connectivity index is 1.59. The van der Waals surface area contributed by atoms with Gasteiger partial charge in [0.1, 0.15) is 5.75 Å². The summed E-state index contributed by atoms with van der Waals surface area (Å²) in [5.74, 6) is 0.0934. The van der Waals surface area contributed by atoms with Crippen LogP contribution in [0.3, 0.4) is 0 Å². The second-order valence-electron chi connectivity index (χ2n) is 6.45. The standard InChI is InChI=1S/C19H24N2O4/c20-18(22)13-25-15-8-5-14(6-9-15)7-10-19(23)21-11-12-24-17-4-2-1-3-16(17)21/h5-10,16-17H,1-4,11-13H2,(H2,20,22)/b10-7-/t16-,17+/m0/s1. The number of primary amides is 1. The first kappa shape index (κ1) is 17.5. The lowest BCUT2D eigenvalue weighted by Crippen LogP contribution is -2.54. The number of hydrogen-bond acceptors (Lipinski definition) is 4. The van der Waals surface area contributed by atoms with Gasteiger partial charge in [-0.3, -0.25) is 9.59 Å². The van der Waals surface area contributed by atoms with Gasteiger partial charge < -0.3 is 20.1 Å². The van der Waals surface area contributed by atoms with Crippen LogP contribution in [0.5, 0.6) is 5.75 Å². The Bertz CT molecular complexity index is 639. The van der Waals surface area contributed by atoms with Gasteiger partial charge in [0.25, 0.3) is 5.91 Å². The van der Waals surface area contributed by atoms with Crippen molar-refractivity contribution in [3.05, 3.63) is 35.9 Å². The van der Waals surface area contributed by atoms with Gasteiger partial charge in [-0.05, 0) is 36.6 Å². The summed E-state index contributed by atoms with van der Waals surface area (Å²) >= 11 is 0. The van der Waals surface area contributed by atoms with Gasteiger partial charge in [-0.25, -0.2) is 0 Å². The molecule has 3 rings (SSSR count). The molecule has 2 fully saturated rings. The molecule has 25 heavy (non-hydrogen) atoms. The molecule has 1 saturated heterocycles. The number of nitrogens with zero attached hydrogens (tertiary/aromatic N) is 1. The van der Waals surface area contributed by atoms with Gasteiger partial charge in [0, 0.05) is 12.6 Å². The van der Waals surface area contributed by atoms with E-state index in [2.05, 4.69) is 0 Å². The number of morpholine rings is 1. The van der Waals surface area contributed by atoms with E-state index >= 15 is 0 Å². The van der Waals surface area contributed by atoms with Crippen molar-refractivity contribution >= 4 is 17.9 Å². The average Bonchev–Trinajstić information content (AvgIpc) is 2.64. The van der Waals surface area contributed by atoms with E-state index in [0.29, 0.717) is 18.9 Å². The number of carbonyl (C=O) groups is 2. The molecule has 1 aromatic rings. The Morgan fingerprint density at radius 2 is 2.00 bits per heavy atom. The predicted molar refractivity (Wildman–Crippen MR) is 93.9 cm³/mol. The summed E-state index contributed by atoms with van der Waals surface area (Å²) in [6.45, 7) is 1.13. The van der Waals surface area contributed by atoms with Crippen LogP contribution in [0.2, 0.25) is 0 Å². The lowest BCUT2D eigenvalue weighted by molar-refractivity contribution is -0.144. The summed E-state index contributed by atoms with van der Waals surface area (Å²) < 4.78 is 11.0. The minimum absolute atomic E-state index is 0.0363. The van der Waals surface area contributed by atoms with E-state index in [4.69, 9.17) is 15.2 Å². The quantitative estimate of drug-likeness (QED) is 0.825. The third-order valence-electron chi connectivity index (χ3n) is 4.69. The first-order chi connectivity index (χ1) is 12.1. The fraction of sp³-hybridized carbons (Fsp3) is 0.474. The molecule has 0 aromatic heterocycles. The van der Waals surface area contributed by atoms with Crippen LogP contribution in [0.4, 0.5) is 0 Å². The highest BCUT2D eigenvalue weighted by Crippen LogP contribution is 2.28. The summed E-state index contributed by atoms with van der Waals surface area (Å²) in [4.78, 5) is 25.2. The van der Waals surface area contributed by atoms with Gasteiger partial charge in [0.2, 0.25) is 5.91 Å². The average molecular weight is 344 g/mol. The fourth-order valence-electron chi connectivity index (χ4n) is 3.46. The molecule has 0 bridgehead atoms. The molecule has 1 aliphatic heterocycles. The molecule has 0 unspecified atom stereocenters. The third-order valence-corrected chi connectivity index (χ3v) is 4.69. The van der Waals surface area contributed by atoms with Crippen molar-refractivity contribution in [3.63, 3.8) is 0 Å². The number of amides is 2. The van der Waals surface area contributed by atoms with Crippen LogP contribution < -0.4 is 10.5 Å². The number of rotatable bonds is 5. The zero-order valence-electron chi connectivity index (χ0n) is 14.2. The summed E-state index contributed by atoms with van der Waals surface area (Å²) in [7, 11) is 0. The molecule has 1 aromatic carbocycles. The van der Waals surface area contributed by atoms with Crippen LogP contribution in [0.25, 0.3) is 6.08 Å². The summed E-state index contributed by atoms with van der Waals surface area (Å²) in [6.07, 6.45) is 8.03. The minimum atomic E-state index is -0.513. The van der Waals surface area contributed by atoms with Crippen molar-refractivity contribution in [2.24, 2.45) is 5.73 Å². The lowest BCUT2D eigenvalue weighted by Gasteiger charge is -2.43. The highest BCUT2D eigenvalue weighted by Gasteiger charge is 2.35. The van der Waals surface area contributed by atoms with E-state index in [9.17, 15) is 9.59 Å². The summed E-state index contributed by atoms with van der Waals surface area (Å²) in [5.41, 5.74) is 5.94. The Labute approximate surface area is 147 Å². The zero-order valence-corrected chi connectivity index (χ0v) is 14.2. The van der Waals surface area contributed by atoms with E-state index in [0.717, 1.165) is 24.8 Å². The maximum atomic E-state index is 12.6. The summed E-state index contributed by atoms with van der Waals surface area (Å²) in [6, 6.07) is 7.38. The molecule has 2 aliphatic rings. The SMILES string of the molecule is NC(=O)COc1ccc(/C=C\C(=O)N2CCO[C@@H]3CCCC[C@@H]32)cc1. The summed E-state index contributed by atoms with van der Waals surface area (Å²) in [5, 5.41) is 0. The first-order valence-electron chi connectivity index (χ1n) is 8.75. The Morgan fingerprint density at radius 3 is 2.76 bits per heavy atom. The van der Waals surface area contributed by atoms with E-state index < -0.39 is 5.91 Å². The van der Waals surface area contributed by atoms with Crippen molar-refractivity contribution < 1.29 is 19.1 Å². The normalized spacial score (nSPS) is 23.3. The van der Waals surface area contributed by atoms with Gasteiger partial charge in [0.15, 0.2) is 6.61 Å². The van der Waals surface area contributed by atoms with Gasteiger partial charge >= 0.3 is 0 Å². The smallest absolute Gasteiger partial charge is 0.255 e. The fourth-order valence-corrected chi connectivity index (χ4v) is 3.46. The molecule has 2 amide bonds. The van der Waals surface area contributed by atoms with E-state index in [-0.39, 0.29) is 24.7 Å². The van der Waals surface area contributed by atoms with Crippen molar-refractivity contribution in [3.8, 4) is 5.75 Å². The van der Waals surface area contributed by atoms with Crippen LogP contribution in [-0.2, 0) is 14.3 Å². The lowest BCUT2D eigenvalue weighted by atomic mass is 9.90. The van der Waals surface area contributed by atoms with Crippen molar-refractivity contribution in [2.45, 2.75) is 37.8 Å². The molecule has 6 nitrogen and oxygen atoms in total. The molecule has 1 heterocycles. The van der Waals surface area contributed by atoms with Gasteiger partial charge in [-0.2, -0.15) is 0 Å². The molecular formula is C19H24N2O4. The number of hydrogen-bond donors (Lipinski definition) is 1. The largest absolute Gasteiger partial charge is 0.484 e. The highest BCUT2D eigenvalue weighted by atomic mass is 16.5. The third kappa shape index (κ3) is 4.60. The van der Waals surface area contributed by atoms with Crippen molar-refractivity contribution in [1.82, 2.24) is 4.90 Å². The molecular weight excluding hydrogens is 320 g/mol. The van der Waals surface area contributed by atoms with E-state index in [1.165, 1.54) is 6.42 Å². The second kappa shape index (κ2) is 8.16. The maximum absolute atomic E-state index is 12.6. The van der Waals surface area contributed by atoms with Gasteiger partial charge in [0.05, 0.1) is 18.8 Å². The molecule has 1 saturated carbocycles. The van der Waals surface area contributed by atoms with Crippen LogP contribution in [0.1, 0.15) is 31.2 Å². The van der Waals surface area contributed by atoms with E-state index in [1.807, 2.05) is 17.0 Å². The van der Waals surface area contributed by atoms with Crippen LogP contribution >= 0.6 is 0 Å². The molecule has 0 radical (unpaired) electrons. The van der Waals surface area contributed by atoms with Crippen molar-refractivity contribution in [2.75, 3.05) is 19.8 Å². The van der Waals surface area contributed by atoms with Crippen molar-refractivity contribution in [1.29, 1.82) is 0 Å². The Kier molecular flexibility index (Phi) is 5.71. The Morgan fingerprint density at radius 1 is 1.24 bits per heavy atom. The molecule has 1 aliphatic carbocycles. The van der Waals surface area contributed by atoms with Gasteiger partial charge in [-0.1, -0.05) is 25.0 Å². The van der Waals surface area contributed by atoms with Crippen LogP contribution in [-0.4, -0.2) is 48.6 Å². The minimum Gasteiger partial charge on any atom is -0.484 e. The molecule has 2 N–H and O–H groups in total. The number of carbonyl (C=O) groups excluding carboxylic acids is 2. The number of ether oxygens (including phenoxy) is 2. The van der Waals surface area contributed by atoms with E-state index in [1.54, 1.807) is 24.3 Å². The second-order valence-corrected chi connectivity index (χ2v) is 6.45. The molecule has 0 spiro atoms. The van der Waals surface area contributed by atoms with Crippen LogP contribution in [0, 0.1) is 0 Å². The molecule has 2 atom stereocenters. The highest BCUT2D eigenvalue weighted by molar-refractivity contribution is 5.92. The Hall–Kier alpha value is -2.34. The van der Waals surface area contributed by atoms with Crippen LogP contribution in [0.15, 0.2) is 30.3 Å². The number of fused-ring (bicyclic) bond motifs is 1. The van der Waals surface area contributed by atoms with Gasteiger partial charge in [-0.15, -0.1) is 0 Å². The first-order valence-corrected chi connectivity index (χ1v) is 8.75. The predicted octanol–water partition coefficient (Wildman–Crippen LogP) is 1.73. The topological polar surface area (TPSA) is 81.9 Å². The molecule has 134 valence electrons. The maximum Gasteiger partial charge on any atom is 0.255 e. The monoisotopic (exact) mass is 344 g/mol. The zero-order chi connectivity index (χ0) is 17.6. The number of benzene rings is 1. The molecule has 6 heteroatoms. The number of nitrogens with two attached hydrogens (primary N) is 1.